The number of rotatable bonds is 3. The fraction of sp³-hybridized carbons (Fsp3) is 0.250. The molecule has 6 heteroatoms. The second-order valence-electron chi connectivity index (χ2n) is 2.56. The molecule has 0 unspecified atom stereocenters. The number of nitro groups is 1. The van der Waals surface area contributed by atoms with Crippen molar-refractivity contribution >= 4 is 40.7 Å². The molecule has 78 valence electrons. The molecule has 0 spiro atoms. The minimum Gasteiger partial charge on any atom is -0.316 e. The van der Waals surface area contributed by atoms with E-state index in [0.717, 1.165) is 15.7 Å². The van der Waals surface area contributed by atoms with E-state index in [4.69, 9.17) is 0 Å². The standard InChI is InChI=1S/C8H9IN2O2.ClH/c1-10-5-6-2-3-7(11(12)13)4-8(6)9;/h2-4,10H,5H2,1H3;1H. The van der Waals surface area contributed by atoms with E-state index in [1.165, 1.54) is 6.07 Å². The van der Waals surface area contributed by atoms with Crippen molar-refractivity contribution in [3.05, 3.63) is 37.4 Å². The number of halogens is 2. The maximum absolute atomic E-state index is 10.4. The Morgan fingerprint density at radius 1 is 1.57 bits per heavy atom. The quantitative estimate of drug-likeness (QED) is 0.526. The third-order valence-electron chi connectivity index (χ3n) is 1.61. The smallest absolute Gasteiger partial charge is 0.270 e. The lowest BCUT2D eigenvalue weighted by Gasteiger charge is -2.02. The van der Waals surface area contributed by atoms with Gasteiger partial charge in [0.1, 0.15) is 0 Å². The SMILES string of the molecule is CNCc1ccc([N+](=O)[O-])cc1I.Cl. The Hall–Kier alpha value is -0.400. The predicted molar refractivity (Wildman–Crippen MR) is 65.8 cm³/mol. The summed E-state index contributed by atoms with van der Waals surface area (Å²) in [6.45, 7) is 0.732. The van der Waals surface area contributed by atoms with Gasteiger partial charge < -0.3 is 5.32 Å². The molecule has 0 heterocycles. The third-order valence-corrected chi connectivity index (χ3v) is 2.62. The highest BCUT2D eigenvalue weighted by atomic mass is 127. The normalized spacial score (nSPS) is 9.29. The van der Waals surface area contributed by atoms with Gasteiger partial charge in [-0.25, -0.2) is 0 Å². The molecule has 0 aliphatic rings. The molecule has 0 aliphatic carbocycles. The predicted octanol–water partition coefficient (Wildman–Crippen LogP) is 2.34. The Labute approximate surface area is 102 Å². The van der Waals surface area contributed by atoms with Crippen LogP contribution >= 0.6 is 35.0 Å². The van der Waals surface area contributed by atoms with E-state index in [1.54, 1.807) is 12.1 Å². The van der Waals surface area contributed by atoms with E-state index >= 15 is 0 Å². The molecule has 0 radical (unpaired) electrons. The van der Waals surface area contributed by atoms with Gasteiger partial charge in [0.15, 0.2) is 0 Å². The summed E-state index contributed by atoms with van der Waals surface area (Å²) >= 11 is 2.10. The van der Waals surface area contributed by atoms with Crippen LogP contribution in [0.1, 0.15) is 5.56 Å². The maximum atomic E-state index is 10.4. The van der Waals surface area contributed by atoms with Crippen LogP contribution < -0.4 is 5.32 Å². The molecule has 1 N–H and O–H groups in total. The fourth-order valence-corrected chi connectivity index (χ4v) is 1.67. The van der Waals surface area contributed by atoms with Crippen molar-refractivity contribution in [1.82, 2.24) is 5.32 Å². The molecule has 1 aromatic carbocycles. The number of hydrogen-bond acceptors (Lipinski definition) is 3. The summed E-state index contributed by atoms with van der Waals surface area (Å²) in [6.07, 6.45) is 0. The molecule has 0 aromatic heterocycles. The van der Waals surface area contributed by atoms with Crippen LogP contribution in [0.25, 0.3) is 0 Å². The third kappa shape index (κ3) is 3.39. The summed E-state index contributed by atoms with van der Waals surface area (Å²) < 4.78 is 0.918. The summed E-state index contributed by atoms with van der Waals surface area (Å²) in [5.74, 6) is 0. The fourth-order valence-electron chi connectivity index (χ4n) is 0.984. The van der Waals surface area contributed by atoms with Crippen molar-refractivity contribution in [3.63, 3.8) is 0 Å². The Morgan fingerprint density at radius 3 is 2.64 bits per heavy atom. The van der Waals surface area contributed by atoms with E-state index < -0.39 is 0 Å². The Morgan fingerprint density at radius 2 is 2.21 bits per heavy atom. The monoisotopic (exact) mass is 328 g/mol. The lowest BCUT2D eigenvalue weighted by Crippen LogP contribution is -2.06. The molecule has 4 nitrogen and oxygen atoms in total. The summed E-state index contributed by atoms with van der Waals surface area (Å²) in [5, 5.41) is 13.4. The first kappa shape index (κ1) is 13.6. The zero-order chi connectivity index (χ0) is 9.84. The van der Waals surface area contributed by atoms with E-state index in [9.17, 15) is 10.1 Å². The number of hydrogen-bond donors (Lipinski definition) is 1. The molecule has 0 atom stereocenters. The van der Waals surface area contributed by atoms with Crippen molar-refractivity contribution in [2.45, 2.75) is 6.54 Å². The average Bonchev–Trinajstić information content (AvgIpc) is 2.08. The van der Waals surface area contributed by atoms with Gasteiger partial charge in [-0.05, 0) is 41.3 Å². The number of nitro benzene ring substituents is 1. The van der Waals surface area contributed by atoms with Crippen LogP contribution in [0.3, 0.4) is 0 Å². The molecule has 0 bridgehead atoms. The second kappa shape index (κ2) is 6.15. The summed E-state index contributed by atoms with van der Waals surface area (Å²) in [4.78, 5) is 10.0. The van der Waals surface area contributed by atoms with Crippen molar-refractivity contribution < 1.29 is 4.92 Å². The first-order valence-electron chi connectivity index (χ1n) is 3.72. The molecule has 0 saturated carbocycles. The highest BCUT2D eigenvalue weighted by Crippen LogP contribution is 2.19. The van der Waals surface area contributed by atoms with Crippen LogP contribution in [0.2, 0.25) is 0 Å². The molecule has 0 amide bonds. The second-order valence-corrected chi connectivity index (χ2v) is 3.73. The van der Waals surface area contributed by atoms with E-state index in [2.05, 4.69) is 27.9 Å². The van der Waals surface area contributed by atoms with Gasteiger partial charge in [0, 0.05) is 22.2 Å². The van der Waals surface area contributed by atoms with E-state index in [1.807, 2.05) is 7.05 Å². The van der Waals surface area contributed by atoms with Crippen molar-refractivity contribution in [1.29, 1.82) is 0 Å². The summed E-state index contributed by atoms with van der Waals surface area (Å²) in [5.41, 5.74) is 1.22. The van der Waals surface area contributed by atoms with Gasteiger partial charge in [0.05, 0.1) is 4.92 Å². The highest BCUT2D eigenvalue weighted by molar-refractivity contribution is 14.1. The van der Waals surface area contributed by atoms with Gasteiger partial charge >= 0.3 is 0 Å². The Bertz CT molecular complexity index is 333. The molecule has 0 fully saturated rings. The van der Waals surface area contributed by atoms with Crippen LogP contribution in [-0.2, 0) is 6.54 Å². The minimum atomic E-state index is -0.384. The first-order valence-corrected chi connectivity index (χ1v) is 4.80. The molecular weight excluding hydrogens is 318 g/mol. The number of benzene rings is 1. The molecule has 0 aliphatic heterocycles. The van der Waals surface area contributed by atoms with Crippen LogP contribution in [0.4, 0.5) is 5.69 Å². The maximum Gasteiger partial charge on any atom is 0.270 e. The van der Waals surface area contributed by atoms with Crippen LogP contribution in [-0.4, -0.2) is 12.0 Å². The van der Waals surface area contributed by atoms with E-state index in [-0.39, 0.29) is 23.0 Å². The first-order chi connectivity index (χ1) is 6.15. The van der Waals surface area contributed by atoms with Gasteiger partial charge in [0.25, 0.3) is 5.69 Å². The highest BCUT2D eigenvalue weighted by Gasteiger charge is 2.07. The molecule has 1 aromatic rings. The Balaban J connectivity index is 0.00000169. The average molecular weight is 329 g/mol. The lowest BCUT2D eigenvalue weighted by atomic mass is 10.2. The summed E-state index contributed by atoms with van der Waals surface area (Å²) in [7, 11) is 1.84. The van der Waals surface area contributed by atoms with Gasteiger partial charge in [-0.15, -0.1) is 12.4 Å². The number of nitrogens with zero attached hydrogens (tertiary/aromatic N) is 1. The molecule has 1 rings (SSSR count). The van der Waals surface area contributed by atoms with Gasteiger partial charge in [-0.1, -0.05) is 0 Å². The molecule has 14 heavy (non-hydrogen) atoms. The molecular formula is C8H10ClIN2O2. The van der Waals surface area contributed by atoms with Crippen LogP contribution in [0.15, 0.2) is 18.2 Å². The summed E-state index contributed by atoms with van der Waals surface area (Å²) in [6, 6.07) is 4.87. The largest absolute Gasteiger partial charge is 0.316 e. The van der Waals surface area contributed by atoms with Gasteiger partial charge in [-0.2, -0.15) is 0 Å². The number of non-ortho nitro benzene ring substituents is 1. The van der Waals surface area contributed by atoms with Gasteiger partial charge in [-0.3, -0.25) is 10.1 Å². The van der Waals surface area contributed by atoms with Crippen molar-refractivity contribution in [2.24, 2.45) is 0 Å². The van der Waals surface area contributed by atoms with Crippen molar-refractivity contribution in [3.8, 4) is 0 Å². The topological polar surface area (TPSA) is 55.2 Å². The van der Waals surface area contributed by atoms with Gasteiger partial charge in [0.2, 0.25) is 0 Å². The van der Waals surface area contributed by atoms with Crippen molar-refractivity contribution in [2.75, 3.05) is 7.05 Å². The zero-order valence-electron chi connectivity index (χ0n) is 7.49. The number of nitrogens with one attached hydrogen (secondary N) is 1. The lowest BCUT2D eigenvalue weighted by molar-refractivity contribution is -0.385. The van der Waals surface area contributed by atoms with E-state index in [0.29, 0.717) is 0 Å². The Kier molecular flexibility index (Phi) is 5.98. The molecule has 0 saturated heterocycles. The zero-order valence-corrected chi connectivity index (χ0v) is 10.5. The van der Waals surface area contributed by atoms with Crippen LogP contribution in [0.5, 0.6) is 0 Å². The van der Waals surface area contributed by atoms with Crippen LogP contribution in [0, 0.1) is 13.7 Å². The minimum absolute atomic E-state index is 0.